The average molecular weight is 390 g/mol. The first kappa shape index (κ1) is 19.1. The van der Waals surface area contributed by atoms with E-state index < -0.39 is 6.04 Å². The van der Waals surface area contributed by atoms with Gasteiger partial charge in [-0.15, -0.1) is 0 Å². The number of hydrogen-bond donors (Lipinski definition) is 1. The zero-order valence-electron chi connectivity index (χ0n) is 17.2. The number of rotatable bonds is 4. The van der Waals surface area contributed by atoms with Gasteiger partial charge in [0.2, 0.25) is 5.91 Å². The molecule has 1 aromatic heterocycles. The van der Waals surface area contributed by atoms with Gasteiger partial charge in [-0.2, -0.15) is 0 Å². The maximum absolute atomic E-state index is 13.3. The minimum Gasteiger partial charge on any atom is -0.368 e. The Kier molecular flexibility index (Phi) is 4.78. The highest BCUT2D eigenvalue weighted by Gasteiger charge is 2.33. The number of aromatic nitrogens is 2. The standard InChI is InChI=1S/C23H26N4O2/c1-15-14-18-10-8-9-13-20(18)26(15)22(28)16(2)24-21-17(3)25(4)27(23(21)29)19-11-6-5-7-12-19/h5-13,15-16,24H,14H2,1-4H3. The van der Waals surface area contributed by atoms with E-state index >= 15 is 0 Å². The molecule has 0 spiro atoms. The van der Waals surface area contributed by atoms with Gasteiger partial charge in [0, 0.05) is 18.8 Å². The first-order valence-corrected chi connectivity index (χ1v) is 9.91. The molecule has 0 aliphatic carbocycles. The molecule has 0 bridgehead atoms. The van der Waals surface area contributed by atoms with Crippen LogP contribution in [0.25, 0.3) is 5.69 Å². The van der Waals surface area contributed by atoms with E-state index in [1.54, 1.807) is 4.68 Å². The number of hydrogen-bond acceptors (Lipinski definition) is 3. The zero-order chi connectivity index (χ0) is 20.7. The number of nitrogens with one attached hydrogen (secondary N) is 1. The van der Waals surface area contributed by atoms with Crippen LogP contribution in [0.15, 0.2) is 59.4 Å². The lowest BCUT2D eigenvalue weighted by molar-refractivity contribution is -0.119. The highest BCUT2D eigenvalue weighted by atomic mass is 16.2. The van der Waals surface area contributed by atoms with E-state index in [9.17, 15) is 9.59 Å². The van der Waals surface area contributed by atoms with Gasteiger partial charge in [-0.3, -0.25) is 14.3 Å². The fraction of sp³-hybridized carbons (Fsp3) is 0.304. The predicted molar refractivity (Wildman–Crippen MR) is 116 cm³/mol. The van der Waals surface area contributed by atoms with Crippen molar-refractivity contribution in [2.45, 2.75) is 39.3 Å². The maximum Gasteiger partial charge on any atom is 0.295 e. The van der Waals surface area contributed by atoms with Crippen molar-refractivity contribution >= 4 is 17.3 Å². The third-order valence-corrected chi connectivity index (χ3v) is 5.73. The third kappa shape index (κ3) is 3.14. The monoisotopic (exact) mass is 390 g/mol. The number of fused-ring (bicyclic) bond motifs is 1. The van der Waals surface area contributed by atoms with Crippen molar-refractivity contribution in [2.75, 3.05) is 10.2 Å². The molecule has 0 fully saturated rings. The van der Waals surface area contributed by atoms with Gasteiger partial charge in [0.25, 0.3) is 5.56 Å². The van der Waals surface area contributed by atoms with E-state index in [0.717, 1.165) is 23.5 Å². The minimum absolute atomic E-state index is 0.0311. The lowest BCUT2D eigenvalue weighted by atomic mass is 10.1. The van der Waals surface area contributed by atoms with Crippen LogP contribution in [0.2, 0.25) is 0 Å². The number of carbonyl (C=O) groups is 1. The van der Waals surface area contributed by atoms with Crippen LogP contribution in [0.4, 0.5) is 11.4 Å². The molecule has 1 amide bonds. The molecule has 2 aromatic carbocycles. The van der Waals surface area contributed by atoms with Gasteiger partial charge in [-0.05, 0) is 51.0 Å². The van der Waals surface area contributed by atoms with Gasteiger partial charge in [-0.1, -0.05) is 36.4 Å². The van der Waals surface area contributed by atoms with Gasteiger partial charge >= 0.3 is 0 Å². The number of amides is 1. The largest absolute Gasteiger partial charge is 0.368 e. The smallest absolute Gasteiger partial charge is 0.295 e. The summed E-state index contributed by atoms with van der Waals surface area (Å²) in [6.07, 6.45) is 0.847. The fourth-order valence-electron chi connectivity index (χ4n) is 4.12. The van der Waals surface area contributed by atoms with Crippen molar-refractivity contribution in [1.82, 2.24) is 9.36 Å². The second kappa shape index (κ2) is 7.28. The summed E-state index contributed by atoms with van der Waals surface area (Å²) >= 11 is 0. The second-order valence-electron chi connectivity index (χ2n) is 7.69. The van der Waals surface area contributed by atoms with Crippen molar-refractivity contribution in [2.24, 2.45) is 7.05 Å². The highest BCUT2D eigenvalue weighted by molar-refractivity contribution is 6.00. The molecule has 1 N–H and O–H groups in total. The van der Waals surface area contributed by atoms with Gasteiger partial charge in [0.1, 0.15) is 11.7 Å². The van der Waals surface area contributed by atoms with Crippen LogP contribution in [0.1, 0.15) is 25.1 Å². The Balaban J connectivity index is 1.64. The van der Waals surface area contributed by atoms with Crippen molar-refractivity contribution < 1.29 is 4.79 Å². The van der Waals surface area contributed by atoms with Crippen molar-refractivity contribution in [3.8, 4) is 5.69 Å². The molecule has 6 nitrogen and oxygen atoms in total. The molecule has 0 saturated heterocycles. The average Bonchev–Trinajstić information content (AvgIpc) is 3.16. The Bertz CT molecular complexity index is 1110. The number of benzene rings is 2. The summed E-state index contributed by atoms with van der Waals surface area (Å²) in [7, 11) is 1.85. The van der Waals surface area contributed by atoms with Crippen LogP contribution in [0.5, 0.6) is 0 Å². The summed E-state index contributed by atoms with van der Waals surface area (Å²) < 4.78 is 3.42. The van der Waals surface area contributed by atoms with Crippen LogP contribution in [-0.4, -0.2) is 27.4 Å². The number of carbonyl (C=O) groups excluding carboxylic acids is 1. The molecular formula is C23H26N4O2. The minimum atomic E-state index is -0.526. The number of anilines is 2. The Morgan fingerprint density at radius 3 is 2.48 bits per heavy atom. The Hall–Kier alpha value is -3.28. The molecule has 3 aromatic rings. The van der Waals surface area contributed by atoms with E-state index in [2.05, 4.69) is 18.3 Å². The molecule has 0 radical (unpaired) electrons. The summed E-state index contributed by atoms with van der Waals surface area (Å²) in [6, 6.07) is 17.1. The van der Waals surface area contributed by atoms with E-state index in [1.165, 1.54) is 5.56 Å². The molecule has 2 atom stereocenters. The van der Waals surface area contributed by atoms with Crippen LogP contribution in [-0.2, 0) is 18.3 Å². The van der Waals surface area contributed by atoms with E-state index in [-0.39, 0.29) is 17.5 Å². The van der Waals surface area contributed by atoms with E-state index in [0.29, 0.717) is 5.69 Å². The van der Waals surface area contributed by atoms with E-state index in [4.69, 9.17) is 0 Å². The molecule has 150 valence electrons. The normalized spacial score (nSPS) is 16.6. The molecular weight excluding hydrogens is 364 g/mol. The molecule has 0 saturated carbocycles. The Morgan fingerprint density at radius 2 is 1.76 bits per heavy atom. The van der Waals surface area contributed by atoms with Gasteiger partial charge in [-0.25, -0.2) is 4.68 Å². The van der Waals surface area contributed by atoms with Gasteiger partial charge in [0.05, 0.1) is 11.4 Å². The first-order chi connectivity index (χ1) is 13.9. The van der Waals surface area contributed by atoms with Gasteiger partial charge in [0.15, 0.2) is 0 Å². The second-order valence-corrected chi connectivity index (χ2v) is 7.69. The highest BCUT2D eigenvalue weighted by Crippen LogP contribution is 2.32. The zero-order valence-corrected chi connectivity index (χ0v) is 17.2. The quantitative estimate of drug-likeness (QED) is 0.744. The molecule has 1 aliphatic rings. The maximum atomic E-state index is 13.3. The molecule has 29 heavy (non-hydrogen) atoms. The van der Waals surface area contributed by atoms with Crippen molar-refractivity contribution in [1.29, 1.82) is 0 Å². The van der Waals surface area contributed by atoms with Crippen LogP contribution in [0.3, 0.4) is 0 Å². The molecule has 2 heterocycles. The van der Waals surface area contributed by atoms with Crippen molar-refractivity contribution in [3.05, 3.63) is 76.2 Å². The number of para-hydroxylation sites is 2. The SMILES string of the molecule is Cc1c(NC(C)C(=O)N2c3ccccc3CC2C)c(=O)n(-c2ccccc2)n1C. The molecule has 1 aliphatic heterocycles. The molecule has 6 heteroatoms. The van der Waals surface area contributed by atoms with Crippen LogP contribution < -0.4 is 15.8 Å². The topological polar surface area (TPSA) is 59.3 Å². The van der Waals surface area contributed by atoms with Crippen LogP contribution in [0, 0.1) is 6.92 Å². The number of nitrogens with zero attached hydrogens (tertiary/aromatic N) is 3. The van der Waals surface area contributed by atoms with Crippen LogP contribution >= 0.6 is 0 Å². The first-order valence-electron chi connectivity index (χ1n) is 9.91. The lowest BCUT2D eigenvalue weighted by Crippen LogP contribution is -2.45. The predicted octanol–water partition coefficient (Wildman–Crippen LogP) is 3.26. The summed E-state index contributed by atoms with van der Waals surface area (Å²) in [5, 5.41) is 3.19. The van der Waals surface area contributed by atoms with Gasteiger partial charge < -0.3 is 10.2 Å². The fourth-order valence-corrected chi connectivity index (χ4v) is 4.12. The summed E-state index contributed by atoms with van der Waals surface area (Å²) in [5.41, 5.74) is 4.02. The molecule has 2 unspecified atom stereocenters. The lowest BCUT2D eigenvalue weighted by Gasteiger charge is -2.26. The summed E-state index contributed by atoms with van der Waals surface area (Å²) in [4.78, 5) is 28.2. The molecule has 4 rings (SSSR count). The third-order valence-electron chi connectivity index (χ3n) is 5.73. The Morgan fingerprint density at radius 1 is 1.10 bits per heavy atom. The van der Waals surface area contributed by atoms with Crippen molar-refractivity contribution in [3.63, 3.8) is 0 Å². The van der Waals surface area contributed by atoms with E-state index in [1.807, 2.05) is 79.0 Å². The summed E-state index contributed by atoms with van der Waals surface area (Å²) in [5.74, 6) is -0.0311. The summed E-state index contributed by atoms with van der Waals surface area (Å²) in [6.45, 7) is 5.75. The Labute approximate surface area is 170 Å².